The Bertz CT molecular complexity index is 883. The summed E-state index contributed by atoms with van der Waals surface area (Å²) in [6, 6.07) is 16.6. The lowest BCUT2D eigenvalue weighted by molar-refractivity contribution is 0.303. The Labute approximate surface area is 157 Å². The van der Waals surface area contributed by atoms with E-state index < -0.39 is 18.3 Å². The maximum atomic E-state index is 12.5. The summed E-state index contributed by atoms with van der Waals surface area (Å²) in [6.45, 7) is 7.39. The minimum absolute atomic E-state index is 0.347. The van der Waals surface area contributed by atoms with Gasteiger partial charge in [-0.3, -0.25) is 4.72 Å². The molecule has 4 nitrogen and oxygen atoms in total. The first-order valence-electron chi connectivity index (χ1n) is 9.34. The van der Waals surface area contributed by atoms with E-state index in [1.807, 2.05) is 30.3 Å². The Hall–Kier alpha value is -1.63. The van der Waals surface area contributed by atoms with Crippen molar-refractivity contribution >= 4 is 24.0 Å². The van der Waals surface area contributed by atoms with Gasteiger partial charge < -0.3 is 4.43 Å². The van der Waals surface area contributed by atoms with E-state index in [1.165, 1.54) is 0 Å². The van der Waals surface area contributed by atoms with E-state index in [2.05, 4.69) is 25.5 Å². The van der Waals surface area contributed by atoms with Crippen LogP contribution in [-0.2, 0) is 20.9 Å². The van der Waals surface area contributed by atoms with Crippen LogP contribution in [0.4, 0.5) is 5.69 Å². The van der Waals surface area contributed by atoms with Crippen molar-refractivity contribution in [3.63, 3.8) is 0 Å². The molecule has 0 aliphatic carbocycles. The molecule has 0 radical (unpaired) electrons. The van der Waals surface area contributed by atoms with Crippen LogP contribution in [0.15, 0.2) is 47.4 Å². The van der Waals surface area contributed by atoms with E-state index in [9.17, 15) is 8.42 Å². The number of para-hydroxylation sites is 1. The molecule has 1 aliphatic heterocycles. The summed E-state index contributed by atoms with van der Waals surface area (Å²) in [4.78, 5) is 0.347. The zero-order chi connectivity index (χ0) is 18.8. The highest BCUT2D eigenvalue weighted by Crippen LogP contribution is 2.39. The smallest absolute Gasteiger partial charge is 0.262 e. The van der Waals surface area contributed by atoms with Crippen LogP contribution in [0.5, 0.6) is 0 Å². The average molecular weight is 390 g/mol. The number of sulfonamides is 1. The van der Waals surface area contributed by atoms with Gasteiger partial charge in [-0.15, -0.1) is 0 Å². The summed E-state index contributed by atoms with van der Waals surface area (Å²) in [5.74, 6) is 0. The van der Waals surface area contributed by atoms with Crippen molar-refractivity contribution in [2.45, 2.75) is 50.2 Å². The molecule has 0 fully saturated rings. The Balaban J connectivity index is 1.85. The molecule has 1 heterocycles. The van der Waals surface area contributed by atoms with Crippen molar-refractivity contribution in [3.05, 3.63) is 48.0 Å². The van der Waals surface area contributed by atoms with Crippen LogP contribution in [0.3, 0.4) is 0 Å². The molecular weight excluding hydrogens is 362 g/mol. The van der Waals surface area contributed by atoms with E-state index in [0.717, 1.165) is 41.2 Å². The Morgan fingerprint density at radius 2 is 1.65 bits per heavy atom. The molecule has 6 heteroatoms. The highest BCUT2D eigenvalue weighted by Gasteiger charge is 2.29. The Morgan fingerprint density at radius 3 is 2.35 bits per heavy atom. The predicted molar refractivity (Wildman–Crippen MR) is 110 cm³/mol. The summed E-state index contributed by atoms with van der Waals surface area (Å²) >= 11 is 0. The number of hydrogen-bond donors (Lipinski definition) is 1. The standard InChI is InChI=1S/C20H27NO3SSi/c1-4-26(5-2,6-3)24-14-13-16-11-12-20-18(15-16)17-9-7-8-10-19(17)21-25(20,22)23/h7-12,15,21H,4-6,13-14H2,1-3H3. The first kappa shape index (κ1) is 19.1. The van der Waals surface area contributed by atoms with E-state index >= 15 is 0 Å². The van der Waals surface area contributed by atoms with Crippen LogP contribution in [0, 0.1) is 0 Å². The minimum Gasteiger partial charge on any atom is -0.416 e. The second-order valence-corrected chi connectivity index (χ2v) is 13.3. The summed E-state index contributed by atoms with van der Waals surface area (Å²) in [5.41, 5.74) is 3.46. The molecule has 2 aromatic carbocycles. The third-order valence-electron chi connectivity index (χ3n) is 5.53. The van der Waals surface area contributed by atoms with Gasteiger partial charge in [0, 0.05) is 17.7 Å². The van der Waals surface area contributed by atoms with E-state index in [1.54, 1.807) is 12.1 Å². The lowest BCUT2D eigenvalue weighted by atomic mass is 10.0. The van der Waals surface area contributed by atoms with Gasteiger partial charge in [-0.25, -0.2) is 8.42 Å². The number of nitrogens with one attached hydrogen (secondary N) is 1. The van der Waals surface area contributed by atoms with Crippen molar-refractivity contribution in [1.82, 2.24) is 0 Å². The van der Waals surface area contributed by atoms with Gasteiger partial charge in [0.25, 0.3) is 10.0 Å². The fourth-order valence-corrected chi connectivity index (χ4v) is 7.56. The second kappa shape index (κ2) is 7.54. The molecule has 26 heavy (non-hydrogen) atoms. The highest BCUT2D eigenvalue weighted by atomic mass is 32.2. The van der Waals surface area contributed by atoms with Gasteiger partial charge in [-0.05, 0) is 48.3 Å². The quantitative estimate of drug-likeness (QED) is 0.676. The van der Waals surface area contributed by atoms with Crippen LogP contribution in [0.1, 0.15) is 26.3 Å². The molecule has 0 unspecified atom stereocenters. The molecule has 0 atom stereocenters. The monoisotopic (exact) mass is 389 g/mol. The van der Waals surface area contributed by atoms with Crippen molar-refractivity contribution in [3.8, 4) is 11.1 Å². The van der Waals surface area contributed by atoms with Crippen LogP contribution >= 0.6 is 0 Å². The molecule has 3 rings (SSSR count). The molecule has 1 N–H and O–H groups in total. The molecule has 0 spiro atoms. The molecular formula is C20H27NO3SSi. The van der Waals surface area contributed by atoms with Crippen LogP contribution in [-0.4, -0.2) is 23.3 Å². The van der Waals surface area contributed by atoms with E-state index in [0.29, 0.717) is 17.2 Å². The minimum atomic E-state index is -3.50. The van der Waals surface area contributed by atoms with Crippen LogP contribution in [0.25, 0.3) is 11.1 Å². The SMILES string of the molecule is CC[Si](CC)(CC)OCCc1ccc2c(c1)-c1ccccc1NS2(=O)=O. The fraction of sp³-hybridized carbons (Fsp3) is 0.400. The highest BCUT2D eigenvalue weighted by molar-refractivity contribution is 7.93. The average Bonchev–Trinajstić information content (AvgIpc) is 2.65. The van der Waals surface area contributed by atoms with E-state index in [-0.39, 0.29) is 0 Å². The predicted octanol–water partition coefficient (Wildman–Crippen LogP) is 5.03. The van der Waals surface area contributed by atoms with Gasteiger partial charge in [0.15, 0.2) is 8.32 Å². The number of benzene rings is 2. The maximum Gasteiger partial charge on any atom is 0.262 e. The molecule has 1 aliphatic rings. The molecule has 0 amide bonds. The van der Waals surface area contributed by atoms with Crippen LogP contribution in [0.2, 0.25) is 18.1 Å². The summed E-state index contributed by atoms with van der Waals surface area (Å²) in [7, 11) is -5.09. The van der Waals surface area contributed by atoms with Gasteiger partial charge in [0.2, 0.25) is 0 Å². The van der Waals surface area contributed by atoms with Gasteiger partial charge in [-0.1, -0.05) is 45.0 Å². The molecule has 140 valence electrons. The maximum absolute atomic E-state index is 12.5. The Kier molecular flexibility index (Phi) is 5.55. The number of hydrogen-bond acceptors (Lipinski definition) is 3. The molecule has 0 saturated carbocycles. The summed E-state index contributed by atoms with van der Waals surface area (Å²) in [6.07, 6.45) is 0.803. The normalized spacial score (nSPS) is 15.0. The molecule has 2 aromatic rings. The lowest BCUT2D eigenvalue weighted by Crippen LogP contribution is -2.36. The third-order valence-corrected chi connectivity index (χ3v) is 11.6. The van der Waals surface area contributed by atoms with Gasteiger partial charge in [-0.2, -0.15) is 0 Å². The van der Waals surface area contributed by atoms with E-state index in [4.69, 9.17) is 4.43 Å². The third kappa shape index (κ3) is 3.59. The first-order valence-corrected chi connectivity index (χ1v) is 13.3. The number of rotatable bonds is 7. The van der Waals surface area contributed by atoms with Crippen molar-refractivity contribution in [2.24, 2.45) is 0 Å². The first-order chi connectivity index (χ1) is 12.4. The molecule has 0 bridgehead atoms. The molecule has 0 aromatic heterocycles. The van der Waals surface area contributed by atoms with Gasteiger partial charge in [0.05, 0.1) is 10.6 Å². The number of anilines is 1. The van der Waals surface area contributed by atoms with Crippen molar-refractivity contribution < 1.29 is 12.8 Å². The number of fused-ring (bicyclic) bond motifs is 3. The lowest BCUT2D eigenvalue weighted by Gasteiger charge is -2.28. The van der Waals surface area contributed by atoms with Gasteiger partial charge >= 0.3 is 0 Å². The summed E-state index contributed by atoms with van der Waals surface area (Å²) in [5, 5.41) is 0. The van der Waals surface area contributed by atoms with Crippen molar-refractivity contribution in [2.75, 3.05) is 11.3 Å². The zero-order valence-electron chi connectivity index (χ0n) is 15.7. The Morgan fingerprint density at radius 1 is 0.962 bits per heavy atom. The fourth-order valence-electron chi connectivity index (χ4n) is 3.63. The summed E-state index contributed by atoms with van der Waals surface area (Å²) < 4.78 is 34.0. The van der Waals surface area contributed by atoms with Gasteiger partial charge in [0.1, 0.15) is 0 Å². The largest absolute Gasteiger partial charge is 0.416 e. The molecule has 0 saturated heterocycles. The van der Waals surface area contributed by atoms with Crippen LogP contribution < -0.4 is 4.72 Å². The zero-order valence-corrected chi connectivity index (χ0v) is 17.5. The van der Waals surface area contributed by atoms with Crippen molar-refractivity contribution in [1.29, 1.82) is 0 Å². The topological polar surface area (TPSA) is 55.4 Å². The second-order valence-electron chi connectivity index (χ2n) is 6.82.